The fourth-order valence-electron chi connectivity index (χ4n) is 1.86. The molecule has 2 aromatic carbocycles. The number of benzene rings is 2. The van der Waals surface area contributed by atoms with Crippen LogP contribution in [0.15, 0.2) is 36.4 Å². The van der Waals surface area contributed by atoms with Gasteiger partial charge in [0.2, 0.25) is 0 Å². The molecule has 0 bridgehead atoms. The minimum absolute atomic E-state index is 0.156. The van der Waals surface area contributed by atoms with E-state index in [2.05, 4.69) is 15.9 Å². The Morgan fingerprint density at radius 1 is 0.950 bits per heavy atom. The quantitative estimate of drug-likeness (QED) is 0.763. The molecule has 0 N–H and O–H groups in total. The highest BCUT2D eigenvalue weighted by Crippen LogP contribution is 2.35. The molecule has 2 rings (SSSR count). The van der Waals surface area contributed by atoms with E-state index in [0.717, 1.165) is 0 Å². The maximum absolute atomic E-state index is 14.0. The van der Waals surface area contributed by atoms with Crippen molar-refractivity contribution in [3.05, 3.63) is 59.2 Å². The highest BCUT2D eigenvalue weighted by molar-refractivity contribution is 9.09. The van der Waals surface area contributed by atoms with E-state index in [1.807, 2.05) is 0 Å². The number of rotatable bonds is 4. The number of ether oxygens (including phenoxy) is 2. The van der Waals surface area contributed by atoms with Crippen molar-refractivity contribution < 1.29 is 18.3 Å². The van der Waals surface area contributed by atoms with Gasteiger partial charge in [-0.05, 0) is 23.8 Å². The zero-order valence-electron chi connectivity index (χ0n) is 11.0. The van der Waals surface area contributed by atoms with Gasteiger partial charge in [-0.3, -0.25) is 0 Å². The summed E-state index contributed by atoms with van der Waals surface area (Å²) >= 11 is 3.38. The van der Waals surface area contributed by atoms with Crippen molar-refractivity contribution >= 4 is 15.9 Å². The van der Waals surface area contributed by atoms with E-state index in [-0.39, 0.29) is 5.75 Å². The van der Waals surface area contributed by atoms with Crippen LogP contribution >= 0.6 is 15.9 Å². The van der Waals surface area contributed by atoms with Gasteiger partial charge in [-0.15, -0.1) is 0 Å². The van der Waals surface area contributed by atoms with Gasteiger partial charge in [0.05, 0.1) is 19.0 Å². The van der Waals surface area contributed by atoms with E-state index in [1.54, 1.807) is 18.2 Å². The summed E-state index contributed by atoms with van der Waals surface area (Å²) in [5.41, 5.74) is 1.02. The zero-order valence-corrected chi connectivity index (χ0v) is 12.6. The van der Waals surface area contributed by atoms with Crippen LogP contribution in [0, 0.1) is 11.6 Å². The molecule has 0 aliphatic carbocycles. The van der Waals surface area contributed by atoms with E-state index in [1.165, 1.54) is 32.4 Å². The Balaban J connectivity index is 2.35. The predicted molar refractivity (Wildman–Crippen MR) is 76.7 cm³/mol. The summed E-state index contributed by atoms with van der Waals surface area (Å²) < 4.78 is 37.5. The van der Waals surface area contributed by atoms with Crippen molar-refractivity contribution in [2.45, 2.75) is 4.83 Å². The number of halogens is 3. The zero-order chi connectivity index (χ0) is 14.7. The van der Waals surface area contributed by atoms with Crippen LogP contribution in [0.2, 0.25) is 0 Å². The third kappa shape index (κ3) is 2.93. The maximum atomic E-state index is 14.0. The first-order valence-electron chi connectivity index (χ1n) is 5.87. The van der Waals surface area contributed by atoms with Crippen molar-refractivity contribution in [2.75, 3.05) is 14.2 Å². The molecule has 0 saturated carbocycles. The van der Waals surface area contributed by atoms with Crippen LogP contribution in [-0.4, -0.2) is 14.2 Å². The third-order valence-corrected chi connectivity index (χ3v) is 3.97. The summed E-state index contributed by atoms with van der Waals surface area (Å²) in [6, 6.07) is 9.08. The number of methoxy groups -OCH3 is 2. The first kappa shape index (κ1) is 14.8. The van der Waals surface area contributed by atoms with E-state index >= 15 is 0 Å². The molecule has 0 aromatic heterocycles. The van der Waals surface area contributed by atoms with Gasteiger partial charge < -0.3 is 9.47 Å². The van der Waals surface area contributed by atoms with Gasteiger partial charge in [0.25, 0.3) is 0 Å². The van der Waals surface area contributed by atoms with Gasteiger partial charge in [0.1, 0.15) is 11.6 Å². The summed E-state index contributed by atoms with van der Waals surface area (Å²) in [5.74, 6) is -0.304. The average molecular weight is 343 g/mol. The normalized spacial score (nSPS) is 12.1. The summed E-state index contributed by atoms with van der Waals surface area (Å²) in [5, 5.41) is 0. The standard InChI is InChI=1S/C15H13BrF2O2/c1-19-10-4-5-11(12(17)8-10)15(16)9-3-6-14(20-2)13(18)7-9/h3-8,15H,1-2H3. The average Bonchev–Trinajstić information content (AvgIpc) is 2.46. The molecule has 0 saturated heterocycles. The molecule has 106 valence electrons. The minimum atomic E-state index is -0.483. The van der Waals surface area contributed by atoms with E-state index in [9.17, 15) is 8.78 Å². The van der Waals surface area contributed by atoms with Gasteiger partial charge in [0, 0.05) is 11.6 Å². The van der Waals surface area contributed by atoms with Crippen LogP contribution in [0.5, 0.6) is 11.5 Å². The molecular formula is C15H13BrF2O2. The molecule has 20 heavy (non-hydrogen) atoms. The first-order chi connectivity index (χ1) is 9.56. The molecule has 1 atom stereocenters. The van der Waals surface area contributed by atoms with Gasteiger partial charge in [-0.25, -0.2) is 8.78 Å². The fourth-order valence-corrected chi connectivity index (χ4v) is 2.52. The van der Waals surface area contributed by atoms with Crippen molar-refractivity contribution in [1.29, 1.82) is 0 Å². The van der Waals surface area contributed by atoms with E-state index < -0.39 is 16.5 Å². The SMILES string of the molecule is COc1ccc(C(Br)c2ccc(OC)c(F)c2)c(F)c1. The lowest BCUT2D eigenvalue weighted by Crippen LogP contribution is -1.99. The Morgan fingerprint density at radius 2 is 1.70 bits per heavy atom. The molecular weight excluding hydrogens is 330 g/mol. The first-order valence-corrected chi connectivity index (χ1v) is 6.79. The van der Waals surface area contributed by atoms with Gasteiger partial charge in [0.15, 0.2) is 11.6 Å². The van der Waals surface area contributed by atoms with Crippen molar-refractivity contribution in [1.82, 2.24) is 0 Å². The van der Waals surface area contributed by atoms with E-state index in [0.29, 0.717) is 16.9 Å². The lowest BCUT2D eigenvalue weighted by molar-refractivity contribution is 0.386. The van der Waals surface area contributed by atoms with Crippen LogP contribution in [0.25, 0.3) is 0 Å². The van der Waals surface area contributed by atoms with Gasteiger partial charge in [-0.2, -0.15) is 0 Å². The molecule has 2 aromatic rings. The third-order valence-electron chi connectivity index (χ3n) is 2.95. The monoisotopic (exact) mass is 342 g/mol. The summed E-state index contributed by atoms with van der Waals surface area (Å²) in [4.78, 5) is -0.450. The topological polar surface area (TPSA) is 18.5 Å². The van der Waals surface area contributed by atoms with Crippen LogP contribution in [0.3, 0.4) is 0 Å². The summed E-state index contributed by atoms with van der Waals surface area (Å²) in [7, 11) is 2.87. The molecule has 0 amide bonds. The van der Waals surface area contributed by atoms with Crippen molar-refractivity contribution in [3.8, 4) is 11.5 Å². The van der Waals surface area contributed by atoms with Crippen LogP contribution in [-0.2, 0) is 0 Å². The number of hydrogen-bond donors (Lipinski definition) is 0. The lowest BCUT2D eigenvalue weighted by Gasteiger charge is -2.13. The highest BCUT2D eigenvalue weighted by atomic mass is 79.9. The molecule has 0 spiro atoms. The van der Waals surface area contributed by atoms with Crippen LogP contribution in [0.4, 0.5) is 8.78 Å². The van der Waals surface area contributed by atoms with Crippen LogP contribution in [0.1, 0.15) is 16.0 Å². The Kier molecular flexibility index (Phi) is 4.60. The Morgan fingerprint density at radius 3 is 2.25 bits per heavy atom. The second-order valence-corrected chi connectivity index (χ2v) is 5.06. The van der Waals surface area contributed by atoms with Crippen LogP contribution < -0.4 is 9.47 Å². The largest absolute Gasteiger partial charge is 0.497 e. The smallest absolute Gasteiger partial charge is 0.165 e. The van der Waals surface area contributed by atoms with E-state index in [4.69, 9.17) is 9.47 Å². The fraction of sp³-hybridized carbons (Fsp3) is 0.200. The Hall–Kier alpha value is -1.62. The lowest BCUT2D eigenvalue weighted by atomic mass is 10.0. The molecule has 1 unspecified atom stereocenters. The second-order valence-electron chi connectivity index (χ2n) is 4.14. The molecule has 5 heteroatoms. The minimum Gasteiger partial charge on any atom is -0.497 e. The highest BCUT2D eigenvalue weighted by Gasteiger charge is 2.17. The molecule has 0 aliphatic rings. The van der Waals surface area contributed by atoms with Crippen molar-refractivity contribution in [2.24, 2.45) is 0 Å². The Labute approximate surface area is 124 Å². The van der Waals surface area contributed by atoms with Gasteiger partial charge >= 0.3 is 0 Å². The summed E-state index contributed by atoms with van der Waals surface area (Å²) in [6.45, 7) is 0. The van der Waals surface area contributed by atoms with Gasteiger partial charge in [-0.1, -0.05) is 28.1 Å². The molecule has 0 heterocycles. The molecule has 0 aliphatic heterocycles. The number of hydrogen-bond acceptors (Lipinski definition) is 2. The molecule has 0 fully saturated rings. The molecule has 2 nitrogen and oxygen atoms in total. The number of alkyl halides is 1. The molecule has 0 radical (unpaired) electrons. The summed E-state index contributed by atoms with van der Waals surface area (Å²) in [6.07, 6.45) is 0. The predicted octanol–water partition coefficient (Wildman–Crippen LogP) is 4.47. The maximum Gasteiger partial charge on any atom is 0.165 e. The Bertz CT molecular complexity index is 617. The second kappa shape index (κ2) is 6.22. The van der Waals surface area contributed by atoms with Crippen molar-refractivity contribution in [3.63, 3.8) is 0 Å².